The van der Waals surface area contributed by atoms with Gasteiger partial charge >= 0.3 is 0 Å². The molecular formula is C19H30O. The molecule has 4 saturated carbocycles. The van der Waals surface area contributed by atoms with Gasteiger partial charge in [-0.2, -0.15) is 0 Å². The van der Waals surface area contributed by atoms with Crippen molar-refractivity contribution >= 4 is 5.78 Å². The maximum atomic E-state index is 12.2. The van der Waals surface area contributed by atoms with E-state index in [2.05, 4.69) is 13.8 Å². The summed E-state index contributed by atoms with van der Waals surface area (Å²) in [5.74, 6) is 5.30. The van der Waals surface area contributed by atoms with Crippen molar-refractivity contribution in [2.24, 2.45) is 40.9 Å². The number of ketones is 1. The molecule has 4 rings (SSSR count). The minimum absolute atomic E-state index is 0.373. The van der Waals surface area contributed by atoms with E-state index in [-0.39, 0.29) is 0 Å². The Kier molecular flexibility index (Phi) is 3.06. The maximum Gasteiger partial charge on any atom is 0.136 e. The molecule has 0 aromatic carbocycles. The number of fused-ring (bicyclic) bond motifs is 5. The Hall–Kier alpha value is -0.330. The molecule has 4 aliphatic rings. The van der Waals surface area contributed by atoms with Crippen molar-refractivity contribution in [1.82, 2.24) is 0 Å². The molecular weight excluding hydrogens is 244 g/mol. The van der Waals surface area contributed by atoms with Crippen LogP contribution in [0.4, 0.5) is 0 Å². The number of hydrogen-bond acceptors (Lipinski definition) is 1. The molecule has 0 radical (unpaired) electrons. The zero-order valence-corrected chi connectivity index (χ0v) is 13.2. The van der Waals surface area contributed by atoms with Crippen LogP contribution in [-0.2, 0) is 4.79 Å². The summed E-state index contributed by atoms with van der Waals surface area (Å²) in [5, 5.41) is 0. The van der Waals surface area contributed by atoms with Gasteiger partial charge in [-0.3, -0.25) is 4.79 Å². The first-order valence-electron chi connectivity index (χ1n) is 9.14. The second-order valence-corrected chi connectivity index (χ2v) is 8.66. The first-order valence-corrected chi connectivity index (χ1v) is 9.14. The lowest BCUT2D eigenvalue weighted by Crippen LogP contribution is -2.50. The number of Topliss-reactive ketones (excluding diaryl/α,β-unsaturated/α-hetero) is 1. The molecule has 4 aliphatic carbocycles. The summed E-state index contributed by atoms with van der Waals surface area (Å²) in [6.45, 7) is 4.83. The van der Waals surface area contributed by atoms with Crippen LogP contribution in [0.25, 0.3) is 0 Å². The van der Waals surface area contributed by atoms with Gasteiger partial charge in [0, 0.05) is 12.3 Å². The van der Waals surface area contributed by atoms with Gasteiger partial charge in [0.1, 0.15) is 5.78 Å². The van der Waals surface area contributed by atoms with Crippen LogP contribution in [-0.4, -0.2) is 5.78 Å². The molecule has 7 atom stereocenters. The predicted molar refractivity (Wildman–Crippen MR) is 81.3 cm³/mol. The summed E-state index contributed by atoms with van der Waals surface area (Å²) in [4.78, 5) is 12.2. The van der Waals surface area contributed by atoms with Crippen LogP contribution in [0.15, 0.2) is 0 Å². The monoisotopic (exact) mass is 274 g/mol. The lowest BCUT2D eigenvalue weighted by Gasteiger charge is -2.58. The topological polar surface area (TPSA) is 17.1 Å². The minimum atomic E-state index is 0.373. The molecule has 0 spiro atoms. The van der Waals surface area contributed by atoms with Crippen molar-refractivity contribution in [1.29, 1.82) is 0 Å². The number of hydrogen-bond donors (Lipinski definition) is 0. The average Bonchev–Trinajstić information content (AvgIpc) is 2.74. The molecule has 20 heavy (non-hydrogen) atoms. The molecule has 112 valence electrons. The van der Waals surface area contributed by atoms with E-state index < -0.39 is 0 Å². The van der Waals surface area contributed by atoms with Gasteiger partial charge in [0.2, 0.25) is 0 Å². The van der Waals surface area contributed by atoms with Crippen LogP contribution >= 0.6 is 0 Å². The van der Waals surface area contributed by atoms with Crippen LogP contribution in [0.2, 0.25) is 0 Å². The largest absolute Gasteiger partial charge is 0.299 e. The smallest absolute Gasteiger partial charge is 0.136 e. The van der Waals surface area contributed by atoms with E-state index in [0.717, 1.165) is 36.0 Å². The van der Waals surface area contributed by atoms with Gasteiger partial charge in [-0.1, -0.05) is 26.7 Å². The Balaban J connectivity index is 1.62. The van der Waals surface area contributed by atoms with Gasteiger partial charge < -0.3 is 0 Å². The third-order valence-electron chi connectivity index (χ3n) is 8.16. The predicted octanol–water partition coefficient (Wildman–Crippen LogP) is 4.84. The van der Waals surface area contributed by atoms with Gasteiger partial charge in [-0.15, -0.1) is 0 Å². The van der Waals surface area contributed by atoms with Crippen LogP contribution in [0.5, 0.6) is 0 Å². The van der Waals surface area contributed by atoms with Crippen LogP contribution in [0.3, 0.4) is 0 Å². The highest BCUT2D eigenvalue weighted by Gasteiger charge is 2.56. The standard InChI is InChI=1S/C19H30O/c1-12-14-8-9-17-15(16(14)11-18(12)20)7-6-13-5-3-4-10-19(13,17)2/h12-17H,3-11H2,1-2H3/t12-,13+,14-,15-,16+,17-,19-/m0/s1. The van der Waals surface area contributed by atoms with Gasteiger partial charge in [0.25, 0.3) is 0 Å². The van der Waals surface area contributed by atoms with Crippen LogP contribution in [0, 0.1) is 40.9 Å². The Morgan fingerprint density at radius 2 is 1.75 bits per heavy atom. The fourth-order valence-electron chi connectivity index (χ4n) is 7.02. The SMILES string of the molecule is C[C@@H]1C(=O)C[C@@H]2[C@H]1CC[C@H]1[C@H]2CC[C@H]2CCCC[C@@]21C. The Morgan fingerprint density at radius 3 is 2.60 bits per heavy atom. The Morgan fingerprint density at radius 1 is 0.950 bits per heavy atom. The van der Waals surface area contributed by atoms with E-state index in [4.69, 9.17) is 0 Å². The van der Waals surface area contributed by atoms with Crippen molar-refractivity contribution < 1.29 is 4.79 Å². The summed E-state index contributed by atoms with van der Waals surface area (Å²) in [6, 6.07) is 0. The molecule has 0 aliphatic heterocycles. The first-order chi connectivity index (χ1) is 9.61. The molecule has 0 bridgehead atoms. The van der Waals surface area contributed by atoms with E-state index in [0.29, 0.717) is 17.1 Å². The third-order valence-corrected chi connectivity index (χ3v) is 8.16. The molecule has 0 aromatic heterocycles. The summed E-state index contributed by atoms with van der Waals surface area (Å²) in [7, 11) is 0. The second-order valence-electron chi connectivity index (χ2n) is 8.66. The Labute approximate surface area is 123 Å². The van der Waals surface area contributed by atoms with Gasteiger partial charge in [0.05, 0.1) is 0 Å². The van der Waals surface area contributed by atoms with Crippen LogP contribution in [0.1, 0.15) is 71.6 Å². The van der Waals surface area contributed by atoms with E-state index in [1.807, 2.05) is 0 Å². The van der Waals surface area contributed by atoms with E-state index in [1.165, 1.54) is 51.4 Å². The molecule has 4 fully saturated rings. The van der Waals surface area contributed by atoms with Crippen molar-refractivity contribution in [2.75, 3.05) is 0 Å². The van der Waals surface area contributed by atoms with Gasteiger partial charge in [-0.25, -0.2) is 0 Å². The molecule has 0 N–H and O–H groups in total. The highest BCUT2D eigenvalue weighted by Crippen LogP contribution is 2.63. The van der Waals surface area contributed by atoms with E-state index in [1.54, 1.807) is 0 Å². The first kappa shape index (κ1) is 13.3. The average molecular weight is 274 g/mol. The minimum Gasteiger partial charge on any atom is -0.299 e. The Bertz CT molecular complexity index is 414. The highest BCUT2D eigenvalue weighted by atomic mass is 16.1. The van der Waals surface area contributed by atoms with E-state index >= 15 is 0 Å². The lowest BCUT2D eigenvalue weighted by molar-refractivity contribution is -0.120. The number of carbonyl (C=O) groups is 1. The van der Waals surface area contributed by atoms with Crippen molar-refractivity contribution in [3.63, 3.8) is 0 Å². The maximum absolute atomic E-state index is 12.2. The van der Waals surface area contributed by atoms with Crippen molar-refractivity contribution in [3.8, 4) is 0 Å². The summed E-state index contributed by atoms with van der Waals surface area (Å²) < 4.78 is 0. The van der Waals surface area contributed by atoms with E-state index in [9.17, 15) is 4.79 Å². The molecule has 0 aromatic rings. The molecule has 0 heterocycles. The number of rotatable bonds is 0. The third kappa shape index (κ3) is 1.70. The quantitative estimate of drug-likeness (QED) is 0.617. The second kappa shape index (κ2) is 4.58. The van der Waals surface area contributed by atoms with Crippen molar-refractivity contribution in [3.05, 3.63) is 0 Å². The molecule has 0 unspecified atom stereocenters. The van der Waals surface area contributed by atoms with Gasteiger partial charge in [0.15, 0.2) is 0 Å². The summed E-state index contributed by atoms with van der Waals surface area (Å²) in [6.07, 6.45) is 12.5. The lowest BCUT2D eigenvalue weighted by atomic mass is 9.47. The molecule has 0 amide bonds. The van der Waals surface area contributed by atoms with Crippen molar-refractivity contribution in [2.45, 2.75) is 71.6 Å². The fraction of sp³-hybridized carbons (Fsp3) is 0.947. The molecule has 1 nitrogen and oxygen atoms in total. The zero-order valence-electron chi connectivity index (χ0n) is 13.2. The summed E-state index contributed by atoms with van der Waals surface area (Å²) in [5.41, 5.74) is 0.626. The number of carbonyl (C=O) groups excluding carboxylic acids is 1. The normalized spacial score (nSPS) is 55.0. The van der Waals surface area contributed by atoms with Crippen LogP contribution < -0.4 is 0 Å². The fourth-order valence-corrected chi connectivity index (χ4v) is 7.02. The van der Waals surface area contributed by atoms with Gasteiger partial charge in [-0.05, 0) is 73.5 Å². The summed E-state index contributed by atoms with van der Waals surface area (Å²) >= 11 is 0. The molecule has 0 saturated heterocycles. The molecule has 1 heteroatoms. The zero-order chi connectivity index (χ0) is 13.9. The highest BCUT2D eigenvalue weighted by molar-refractivity contribution is 5.83.